The second-order valence-corrected chi connectivity index (χ2v) is 2.75. The molecule has 0 spiro atoms. The van der Waals surface area contributed by atoms with Crippen LogP contribution in [-0.2, 0) is 11.2 Å². The van der Waals surface area contributed by atoms with Gasteiger partial charge in [-0.15, -0.1) is 0 Å². The minimum atomic E-state index is -0.325. The maximum atomic E-state index is 10.2. The van der Waals surface area contributed by atoms with E-state index in [4.69, 9.17) is 5.73 Å². The van der Waals surface area contributed by atoms with Crippen molar-refractivity contribution in [2.24, 2.45) is 5.73 Å². The Morgan fingerprint density at radius 2 is 2.17 bits per heavy atom. The molecular weight excluding hydrogens is 150 g/mol. The number of hydrogen-bond acceptors (Lipinski definition) is 2. The average Bonchev–Trinajstić information content (AvgIpc) is 2.16. The van der Waals surface area contributed by atoms with Crippen molar-refractivity contribution >= 4 is 6.29 Å². The molecule has 1 aromatic rings. The van der Waals surface area contributed by atoms with Crippen LogP contribution in [0.3, 0.4) is 0 Å². The Hall–Kier alpha value is -1.15. The number of aryl methyl sites for hydroxylation is 1. The van der Waals surface area contributed by atoms with Gasteiger partial charge < -0.3 is 10.5 Å². The van der Waals surface area contributed by atoms with Crippen LogP contribution in [-0.4, -0.2) is 12.3 Å². The Balaban J connectivity index is 2.38. The highest BCUT2D eigenvalue weighted by atomic mass is 16.1. The van der Waals surface area contributed by atoms with E-state index < -0.39 is 0 Å². The number of nitrogens with two attached hydrogens (primary N) is 1. The van der Waals surface area contributed by atoms with Crippen LogP contribution in [0.1, 0.15) is 12.0 Å². The maximum absolute atomic E-state index is 10.2. The van der Waals surface area contributed by atoms with Gasteiger partial charge in [-0.25, -0.2) is 0 Å². The molecule has 0 aliphatic carbocycles. The topological polar surface area (TPSA) is 43.1 Å². The van der Waals surface area contributed by atoms with Crippen LogP contribution in [0.4, 0.5) is 0 Å². The quantitative estimate of drug-likeness (QED) is 0.670. The van der Waals surface area contributed by atoms with Gasteiger partial charge in [0.2, 0.25) is 0 Å². The highest BCUT2D eigenvalue weighted by Gasteiger charge is 1.99. The van der Waals surface area contributed by atoms with E-state index in [0.29, 0.717) is 6.42 Å². The summed E-state index contributed by atoms with van der Waals surface area (Å²) in [6.07, 6.45) is 2.36. The van der Waals surface area contributed by atoms with E-state index in [9.17, 15) is 4.79 Å². The van der Waals surface area contributed by atoms with E-state index in [0.717, 1.165) is 12.7 Å². The number of carbonyl (C=O) groups is 1. The number of aldehydes is 1. The first-order chi connectivity index (χ1) is 5.83. The molecule has 12 heavy (non-hydrogen) atoms. The molecule has 1 aromatic carbocycles. The molecule has 0 fully saturated rings. The van der Waals surface area contributed by atoms with Crippen LogP contribution in [0.25, 0.3) is 0 Å². The molecule has 0 saturated heterocycles. The number of rotatable bonds is 4. The third-order valence-electron chi connectivity index (χ3n) is 1.73. The Labute approximate surface area is 72.4 Å². The minimum Gasteiger partial charge on any atom is -0.322 e. The Kier molecular flexibility index (Phi) is 3.48. The fourth-order valence-corrected chi connectivity index (χ4v) is 0.989. The van der Waals surface area contributed by atoms with Gasteiger partial charge in [-0.3, -0.25) is 0 Å². The first-order valence-corrected chi connectivity index (χ1v) is 3.99. The molecule has 0 aliphatic rings. The second kappa shape index (κ2) is 4.67. The normalized spacial score (nSPS) is 12.4. The summed E-state index contributed by atoms with van der Waals surface area (Å²) in [4.78, 5) is 10.2. The van der Waals surface area contributed by atoms with Gasteiger partial charge in [0.15, 0.2) is 0 Å². The lowest BCUT2D eigenvalue weighted by atomic mass is 10.1. The van der Waals surface area contributed by atoms with Crippen LogP contribution in [0.15, 0.2) is 24.3 Å². The van der Waals surface area contributed by atoms with E-state index in [1.165, 1.54) is 5.56 Å². The molecule has 0 aliphatic heterocycles. The van der Waals surface area contributed by atoms with Gasteiger partial charge >= 0.3 is 0 Å². The lowest BCUT2D eigenvalue weighted by molar-refractivity contribution is -0.109. The Morgan fingerprint density at radius 1 is 1.50 bits per heavy atom. The van der Waals surface area contributed by atoms with Gasteiger partial charge in [0.25, 0.3) is 0 Å². The van der Waals surface area contributed by atoms with E-state index in [1.807, 2.05) is 24.3 Å². The van der Waals surface area contributed by atoms with Crippen molar-refractivity contribution in [3.05, 3.63) is 35.9 Å². The molecule has 2 nitrogen and oxygen atoms in total. The third kappa shape index (κ3) is 2.84. The molecule has 0 heterocycles. The van der Waals surface area contributed by atoms with Crippen LogP contribution in [0.5, 0.6) is 0 Å². The molecule has 1 unspecified atom stereocenters. The zero-order valence-corrected chi connectivity index (χ0v) is 6.86. The Bertz CT molecular complexity index is 233. The average molecular weight is 162 g/mol. The van der Waals surface area contributed by atoms with Crippen molar-refractivity contribution in [1.82, 2.24) is 0 Å². The highest BCUT2D eigenvalue weighted by Crippen LogP contribution is 2.02. The van der Waals surface area contributed by atoms with E-state index >= 15 is 0 Å². The summed E-state index contributed by atoms with van der Waals surface area (Å²) in [7, 11) is 0. The van der Waals surface area contributed by atoms with Gasteiger partial charge in [-0.05, 0) is 24.5 Å². The monoisotopic (exact) mass is 162 g/mol. The predicted octanol–water partition coefficient (Wildman–Crippen LogP) is 0.946. The summed E-state index contributed by atoms with van der Waals surface area (Å²) in [6, 6.07) is 10.3. The SMILES string of the molecule is NC(C=O)CCc1cc[c]cc1. The lowest BCUT2D eigenvalue weighted by Crippen LogP contribution is -2.21. The summed E-state index contributed by atoms with van der Waals surface area (Å²) in [6.45, 7) is 0. The van der Waals surface area contributed by atoms with Crippen molar-refractivity contribution in [3.63, 3.8) is 0 Å². The number of hydrogen-bond donors (Lipinski definition) is 1. The van der Waals surface area contributed by atoms with E-state index in [2.05, 4.69) is 6.07 Å². The predicted molar refractivity (Wildman–Crippen MR) is 47.6 cm³/mol. The number of benzene rings is 1. The summed E-state index contributed by atoms with van der Waals surface area (Å²) < 4.78 is 0. The molecular formula is C10H12NO. The van der Waals surface area contributed by atoms with Crippen LogP contribution >= 0.6 is 0 Å². The largest absolute Gasteiger partial charge is 0.322 e. The standard InChI is InChI=1S/C10H12NO/c11-10(8-12)7-6-9-4-2-1-3-5-9/h2-5,8,10H,6-7,11H2. The first-order valence-electron chi connectivity index (χ1n) is 3.99. The van der Waals surface area contributed by atoms with Crippen LogP contribution in [0, 0.1) is 6.07 Å². The molecule has 0 saturated carbocycles. The van der Waals surface area contributed by atoms with E-state index in [1.54, 1.807) is 0 Å². The Morgan fingerprint density at radius 3 is 2.75 bits per heavy atom. The van der Waals surface area contributed by atoms with Gasteiger partial charge in [-0.1, -0.05) is 24.3 Å². The van der Waals surface area contributed by atoms with E-state index in [-0.39, 0.29) is 6.04 Å². The number of carbonyl (C=O) groups excluding carboxylic acids is 1. The first kappa shape index (κ1) is 8.94. The fourth-order valence-electron chi connectivity index (χ4n) is 0.989. The summed E-state index contributed by atoms with van der Waals surface area (Å²) in [5.74, 6) is 0. The molecule has 63 valence electrons. The third-order valence-corrected chi connectivity index (χ3v) is 1.73. The fraction of sp³-hybridized carbons (Fsp3) is 0.300. The minimum absolute atomic E-state index is 0.325. The van der Waals surface area contributed by atoms with Crippen molar-refractivity contribution < 1.29 is 4.79 Å². The van der Waals surface area contributed by atoms with Crippen molar-refractivity contribution in [3.8, 4) is 0 Å². The van der Waals surface area contributed by atoms with Gasteiger partial charge in [0.1, 0.15) is 6.29 Å². The summed E-state index contributed by atoms with van der Waals surface area (Å²) in [5.41, 5.74) is 6.64. The highest BCUT2D eigenvalue weighted by molar-refractivity contribution is 5.56. The van der Waals surface area contributed by atoms with Crippen molar-refractivity contribution in [2.45, 2.75) is 18.9 Å². The zero-order valence-electron chi connectivity index (χ0n) is 6.86. The summed E-state index contributed by atoms with van der Waals surface area (Å²) >= 11 is 0. The van der Waals surface area contributed by atoms with Gasteiger partial charge in [0.05, 0.1) is 6.04 Å². The van der Waals surface area contributed by atoms with Gasteiger partial charge in [0, 0.05) is 0 Å². The molecule has 2 N–H and O–H groups in total. The molecule has 1 rings (SSSR count). The molecule has 0 bridgehead atoms. The maximum Gasteiger partial charge on any atom is 0.136 e. The summed E-state index contributed by atoms with van der Waals surface area (Å²) in [5, 5.41) is 0. The smallest absolute Gasteiger partial charge is 0.136 e. The lowest BCUT2D eigenvalue weighted by Gasteiger charge is -2.02. The molecule has 1 atom stereocenters. The molecule has 2 heteroatoms. The second-order valence-electron chi connectivity index (χ2n) is 2.75. The van der Waals surface area contributed by atoms with Crippen LogP contribution < -0.4 is 5.73 Å². The van der Waals surface area contributed by atoms with Crippen molar-refractivity contribution in [1.29, 1.82) is 0 Å². The van der Waals surface area contributed by atoms with Crippen LogP contribution in [0.2, 0.25) is 0 Å². The molecule has 1 radical (unpaired) electrons. The zero-order chi connectivity index (χ0) is 8.81. The molecule has 0 aromatic heterocycles. The molecule has 0 amide bonds. The van der Waals surface area contributed by atoms with Crippen molar-refractivity contribution in [2.75, 3.05) is 0 Å². The van der Waals surface area contributed by atoms with Gasteiger partial charge in [-0.2, -0.15) is 0 Å².